The van der Waals surface area contributed by atoms with E-state index in [0.717, 1.165) is 0 Å². The highest BCUT2D eigenvalue weighted by Gasteiger charge is 2.24. The Balaban J connectivity index is 4.01. The van der Waals surface area contributed by atoms with E-state index in [1.165, 1.54) is 19.1 Å². The standard InChI is InChI=1S/C10H19NO5/c1-4-8(10(13)14)11(2)9(12)7-16-6-5-15-3/h8H,4-7H2,1-3H3,(H,13,14). The zero-order valence-electron chi connectivity index (χ0n) is 9.93. The summed E-state index contributed by atoms with van der Waals surface area (Å²) in [6.07, 6.45) is 0.371. The van der Waals surface area contributed by atoms with Gasteiger partial charge in [-0.1, -0.05) is 6.92 Å². The molecule has 0 radical (unpaired) electrons. The zero-order valence-corrected chi connectivity index (χ0v) is 9.93. The predicted octanol–water partition coefficient (Wildman–Crippen LogP) is -0.0290. The van der Waals surface area contributed by atoms with Crippen molar-refractivity contribution in [1.29, 1.82) is 0 Å². The number of methoxy groups -OCH3 is 1. The quantitative estimate of drug-likeness (QED) is 0.596. The number of hydrogen-bond acceptors (Lipinski definition) is 4. The van der Waals surface area contributed by atoms with Crippen molar-refractivity contribution in [3.05, 3.63) is 0 Å². The second-order valence-corrected chi connectivity index (χ2v) is 3.31. The summed E-state index contributed by atoms with van der Waals surface area (Å²) in [4.78, 5) is 23.5. The number of carbonyl (C=O) groups is 2. The van der Waals surface area contributed by atoms with Crippen LogP contribution in [0, 0.1) is 0 Å². The van der Waals surface area contributed by atoms with Crippen LogP contribution < -0.4 is 0 Å². The maximum atomic E-state index is 11.5. The largest absolute Gasteiger partial charge is 0.480 e. The maximum Gasteiger partial charge on any atom is 0.326 e. The Bertz CT molecular complexity index is 231. The lowest BCUT2D eigenvalue weighted by atomic mass is 10.2. The van der Waals surface area contributed by atoms with Crippen LogP contribution in [0.3, 0.4) is 0 Å². The number of ether oxygens (including phenoxy) is 2. The molecule has 0 aromatic carbocycles. The summed E-state index contributed by atoms with van der Waals surface area (Å²) in [6.45, 7) is 2.32. The molecule has 0 fully saturated rings. The smallest absolute Gasteiger partial charge is 0.326 e. The molecule has 0 aliphatic heterocycles. The summed E-state index contributed by atoms with van der Waals surface area (Å²) >= 11 is 0. The summed E-state index contributed by atoms with van der Waals surface area (Å²) in [7, 11) is 3.00. The van der Waals surface area contributed by atoms with Gasteiger partial charge in [0.15, 0.2) is 0 Å². The van der Waals surface area contributed by atoms with Crippen LogP contribution in [-0.4, -0.2) is 61.9 Å². The Morgan fingerprint density at radius 3 is 2.44 bits per heavy atom. The first-order valence-electron chi connectivity index (χ1n) is 5.09. The molecule has 94 valence electrons. The minimum absolute atomic E-state index is 0.121. The van der Waals surface area contributed by atoms with Crippen molar-refractivity contribution in [2.45, 2.75) is 19.4 Å². The van der Waals surface area contributed by atoms with Gasteiger partial charge < -0.3 is 19.5 Å². The van der Waals surface area contributed by atoms with Crippen LogP contribution in [-0.2, 0) is 19.1 Å². The van der Waals surface area contributed by atoms with Crippen LogP contribution in [0.5, 0.6) is 0 Å². The van der Waals surface area contributed by atoms with Gasteiger partial charge in [-0.3, -0.25) is 4.79 Å². The molecule has 6 heteroatoms. The number of aliphatic carboxylic acids is 1. The van der Waals surface area contributed by atoms with Crippen LogP contribution in [0.2, 0.25) is 0 Å². The third-order valence-electron chi connectivity index (χ3n) is 2.19. The van der Waals surface area contributed by atoms with Gasteiger partial charge in [0.05, 0.1) is 13.2 Å². The van der Waals surface area contributed by atoms with Crippen molar-refractivity contribution >= 4 is 11.9 Å². The molecule has 0 saturated heterocycles. The number of nitrogens with zero attached hydrogens (tertiary/aromatic N) is 1. The van der Waals surface area contributed by atoms with Gasteiger partial charge >= 0.3 is 5.97 Å². The first-order chi connectivity index (χ1) is 7.54. The highest BCUT2D eigenvalue weighted by Crippen LogP contribution is 2.02. The van der Waals surface area contributed by atoms with Gasteiger partial charge in [-0.2, -0.15) is 0 Å². The zero-order chi connectivity index (χ0) is 12.6. The predicted molar refractivity (Wildman–Crippen MR) is 57.2 cm³/mol. The van der Waals surface area contributed by atoms with Gasteiger partial charge in [-0.15, -0.1) is 0 Å². The number of hydrogen-bond donors (Lipinski definition) is 1. The molecule has 0 aromatic heterocycles. The first kappa shape index (κ1) is 14.9. The molecular formula is C10H19NO5. The van der Waals surface area contributed by atoms with Crippen LogP contribution in [0.1, 0.15) is 13.3 Å². The molecule has 0 aromatic rings. The van der Waals surface area contributed by atoms with Crippen LogP contribution in [0.15, 0.2) is 0 Å². The minimum Gasteiger partial charge on any atom is -0.480 e. The van der Waals surface area contributed by atoms with Gasteiger partial charge in [0.25, 0.3) is 0 Å². The van der Waals surface area contributed by atoms with Crippen molar-refractivity contribution in [3.8, 4) is 0 Å². The molecule has 1 amide bonds. The van der Waals surface area contributed by atoms with E-state index in [-0.39, 0.29) is 12.5 Å². The van der Waals surface area contributed by atoms with Crippen LogP contribution >= 0.6 is 0 Å². The second-order valence-electron chi connectivity index (χ2n) is 3.31. The number of rotatable bonds is 8. The van der Waals surface area contributed by atoms with Crippen LogP contribution in [0.25, 0.3) is 0 Å². The summed E-state index contributed by atoms with van der Waals surface area (Å²) in [5.74, 6) is -1.35. The average Bonchev–Trinajstić information content (AvgIpc) is 2.24. The molecule has 0 spiro atoms. The lowest BCUT2D eigenvalue weighted by molar-refractivity contribution is -0.151. The maximum absolute atomic E-state index is 11.5. The topological polar surface area (TPSA) is 76.1 Å². The van der Waals surface area contributed by atoms with Crippen molar-refractivity contribution in [3.63, 3.8) is 0 Å². The van der Waals surface area contributed by atoms with E-state index in [0.29, 0.717) is 19.6 Å². The van der Waals surface area contributed by atoms with Crippen molar-refractivity contribution in [2.75, 3.05) is 34.0 Å². The average molecular weight is 233 g/mol. The van der Waals surface area contributed by atoms with Crippen molar-refractivity contribution < 1.29 is 24.2 Å². The van der Waals surface area contributed by atoms with E-state index in [4.69, 9.17) is 14.6 Å². The van der Waals surface area contributed by atoms with Gasteiger partial charge in [-0.25, -0.2) is 4.79 Å². The Hall–Kier alpha value is -1.14. The number of carboxylic acids is 1. The monoisotopic (exact) mass is 233 g/mol. The molecule has 1 unspecified atom stereocenters. The number of likely N-dealkylation sites (N-methyl/N-ethyl adjacent to an activating group) is 1. The van der Waals surface area contributed by atoms with Gasteiger partial charge in [0, 0.05) is 14.2 Å². The molecule has 16 heavy (non-hydrogen) atoms. The molecule has 0 rings (SSSR count). The second kappa shape index (κ2) is 8.06. The summed E-state index contributed by atoms with van der Waals surface area (Å²) < 4.78 is 9.77. The van der Waals surface area contributed by atoms with E-state index in [1.54, 1.807) is 6.92 Å². The molecule has 6 nitrogen and oxygen atoms in total. The van der Waals surface area contributed by atoms with E-state index in [1.807, 2.05) is 0 Å². The molecular weight excluding hydrogens is 214 g/mol. The Kier molecular flexibility index (Phi) is 7.49. The number of carbonyl (C=O) groups excluding carboxylic acids is 1. The summed E-state index contributed by atoms with van der Waals surface area (Å²) in [5, 5.41) is 8.85. The molecule has 0 aliphatic carbocycles. The van der Waals surface area contributed by atoms with Crippen molar-refractivity contribution in [1.82, 2.24) is 4.90 Å². The molecule has 1 atom stereocenters. The minimum atomic E-state index is -1.00. The molecule has 0 bridgehead atoms. The first-order valence-corrected chi connectivity index (χ1v) is 5.09. The fourth-order valence-corrected chi connectivity index (χ4v) is 1.19. The fraction of sp³-hybridized carbons (Fsp3) is 0.800. The molecule has 0 aliphatic rings. The molecule has 0 saturated carbocycles. The Morgan fingerprint density at radius 2 is 2.00 bits per heavy atom. The Morgan fingerprint density at radius 1 is 1.38 bits per heavy atom. The lowest BCUT2D eigenvalue weighted by Gasteiger charge is -2.23. The number of carboxylic acid groups (broad SMARTS) is 1. The van der Waals surface area contributed by atoms with E-state index < -0.39 is 12.0 Å². The lowest BCUT2D eigenvalue weighted by Crippen LogP contribution is -2.43. The highest BCUT2D eigenvalue weighted by molar-refractivity contribution is 5.84. The highest BCUT2D eigenvalue weighted by atomic mass is 16.5. The third kappa shape index (κ3) is 5.09. The fourth-order valence-electron chi connectivity index (χ4n) is 1.19. The number of amides is 1. The Labute approximate surface area is 95.1 Å². The summed E-state index contributed by atoms with van der Waals surface area (Å²) in [6, 6.07) is -0.793. The van der Waals surface area contributed by atoms with E-state index in [2.05, 4.69) is 0 Å². The van der Waals surface area contributed by atoms with Crippen molar-refractivity contribution in [2.24, 2.45) is 0 Å². The normalized spacial score (nSPS) is 12.2. The van der Waals surface area contributed by atoms with E-state index >= 15 is 0 Å². The van der Waals surface area contributed by atoms with Gasteiger partial charge in [0.2, 0.25) is 5.91 Å². The van der Waals surface area contributed by atoms with Gasteiger partial charge in [0.1, 0.15) is 12.6 Å². The SMILES string of the molecule is CCC(C(=O)O)N(C)C(=O)COCCOC. The third-order valence-corrected chi connectivity index (χ3v) is 2.19. The summed E-state index contributed by atoms with van der Waals surface area (Å²) in [5.41, 5.74) is 0. The van der Waals surface area contributed by atoms with Crippen LogP contribution in [0.4, 0.5) is 0 Å². The van der Waals surface area contributed by atoms with E-state index in [9.17, 15) is 9.59 Å². The van der Waals surface area contributed by atoms with Gasteiger partial charge in [-0.05, 0) is 6.42 Å². The molecule has 1 N–H and O–H groups in total. The molecule has 0 heterocycles.